The molecular formula is C16H20N2O2. The highest BCUT2D eigenvalue weighted by Crippen LogP contribution is 2.22. The average Bonchev–Trinajstić information content (AvgIpc) is 2.81. The Bertz CT molecular complexity index is 599. The SMILES string of the molecule is CCOC(=O)C(C)c1ncc(C)n1-c1ccc(C)cc1. The molecule has 2 aromatic rings. The van der Waals surface area contributed by atoms with E-state index in [4.69, 9.17) is 4.74 Å². The van der Waals surface area contributed by atoms with Crippen LogP contribution >= 0.6 is 0 Å². The van der Waals surface area contributed by atoms with Gasteiger partial charge in [0.05, 0.1) is 6.61 Å². The summed E-state index contributed by atoms with van der Waals surface area (Å²) in [6, 6.07) is 8.16. The number of hydrogen-bond donors (Lipinski definition) is 0. The molecule has 4 heteroatoms. The van der Waals surface area contributed by atoms with E-state index < -0.39 is 0 Å². The van der Waals surface area contributed by atoms with Crippen molar-refractivity contribution in [2.24, 2.45) is 0 Å². The van der Waals surface area contributed by atoms with E-state index in [-0.39, 0.29) is 11.9 Å². The Morgan fingerprint density at radius 1 is 1.30 bits per heavy atom. The summed E-state index contributed by atoms with van der Waals surface area (Å²) in [6.45, 7) is 8.04. The first kappa shape index (κ1) is 14.3. The van der Waals surface area contributed by atoms with Gasteiger partial charge in [0.25, 0.3) is 0 Å². The van der Waals surface area contributed by atoms with Crippen molar-refractivity contribution in [3.05, 3.63) is 47.5 Å². The lowest BCUT2D eigenvalue weighted by Gasteiger charge is -2.14. The smallest absolute Gasteiger partial charge is 0.316 e. The number of aryl methyl sites for hydroxylation is 2. The van der Waals surface area contributed by atoms with Gasteiger partial charge in [0.2, 0.25) is 0 Å². The highest BCUT2D eigenvalue weighted by Gasteiger charge is 2.23. The number of imidazole rings is 1. The number of hydrogen-bond acceptors (Lipinski definition) is 3. The largest absolute Gasteiger partial charge is 0.465 e. The van der Waals surface area contributed by atoms with Crippen LogP contribution < -0.4 is 0 Å². The minimum Gasteiger partial charge on any atom is -0.465 e. The van der Waals surface area contributed by atoms with E-state index in [0.717, 1.165) is 11.4 Å². The third kappa shape index (κ3) is 2.74. The molecule has 0 spiro atoms. The molecule has 1 atom stereocenters. The van der Waals surface area contributed by atoms with Crippen LogP contribution in [0, 0.1) is 13.8 Å². The summed E-state index contributed by atoms with van der Waals surface area (Å²) in [4.78, 5) is 16.3. The van der Waals surface area contributed by atoms with Gasteiger partial charge in [-0.25, -0.2) is 4.98 Å². The maximum atomic E-state index is 11.9. The fourth-order valence-corrected chi connectivity index (χ4v) is 2.16. The summed E-state index contributed by atoms with van der Waals surface area (Å²) >= 11 is 0. The van der Waals surface area contributed by atoms with Gasteiger partial charge < -0.3 is 9.30 Å². The first-order valence-electron chi connectivity index (χ1n) is 6.82. The molecule has 4 nitrogen and oxygen atoms in total. The second kappa shape index (κ2) is 5.90. The Hall–Kier alpha value is -2.10. The molecule has 0 saturated carbocycles. The van der Waals surface area contributed by atoms with Crippen LogP contribution in [0.2, 0.25) is 0 Å². The second-order valence-corrected chi connectivity index (χ2v) is 4.90. The molecule has 0 radical (unpaired) electrons. The summed E-state index contributed by atoms with van der Waals surface area (Å²) in [6.07, 6.45) is 1.78. The van der Waals surface area contributed by atoms with E-state index >= 15 is 0 Å². The minimum atomic E-state index is -0.384. The zero-order chi connectivity index (χ0) is 14.7. The van der Waals surface area contributed by atoms with E-state index in [1.807, 2.05) is 56.5 Å². The highest BCUT2D eigenvalue weighted by atomic mass is 16.5. The van der Waals surface area contributed by atoms with Crippen molar-refractivity contribution in [2.75, 3.05) is 6.61 Å². The number of benzene rings is 1. The predicted molar refractivity (Wildman–Crippen MR) is 78.1 cm³/mol. The van der Waals surface area contributed by atoms with Crippen molar-refractivity contribution in [3.63, 3.8) is 0 Å². The summed E-state index contributed by atoms with van der Waals surface area (Å²) in [5, 5.41) is 0. The van der Waals surface area contributed by atoms with Crippen molar-refractivity contribution < 1.29 is 9.53 Å². The first-order chi connectivity index (χ1) is 9.54. The standard InChI is InChI=1S/C16H20N2O2/c1-5-20-16(19)13(4)15-17-10-12(3)18(15)14-8-6-11(2)7-9-14/h6-10,13H,5H2,1-4H3. The molecule has 2 rings (SSSR count). The van der Waals surface area contributed by atoms with Crippen LogP contribution in [-0.2, 0) is 9.53 Å². The Morgan fingerprint density at radius 3 is 2.55 bits per heavy atom. The van der Waals surface area contributed by atoms with Gasteiger partial charge in [0.15, 0.2) is 0 Å². The zero-order valence-electron chi connectivity index (χ0n) is 12.4. The number of esters is 1. The summed E-state index contributed by atoms with van der Waals surface area (Å²) in [5.74, 6) is 0.0845. The van der Waals surface area contributed by atoms with E-state index in [0.29, 0.717) is 12.4 Å². The van der Waals surface area contributed by atoms with Gasteiger partial charge in [0, 0.05) is 17.6 Å². The molecule has 0 aliphatic carbocycles. The van der Waals surface area contributed by atoms with E-state index in [1.165, 1.54) is 5.56 Å². The van der Waals surface area contributed by atoms with Gasteiger partial charge in [0.1, 0.15) is 11.7 Å². The van der Waals surface area contributed by atoms with Crippen molar-refractivity contribution in [1.82, 2.24) is 9.55 Å². The average molecular weight is 272 g/mol. The molecule has 106 valence electrons. The van der Waals surface area contributed by atoms with Crippen LogP contribution in [0.1, 0.15) is 36.8 Å². The first-order valence-corrected chi connectivity index (χ1v) is 6.82. The second-order valence-electron chi connectivity index (χ2n) is 4.90. The third-order valence-electron chi connectivity index (χ3n) is 3.29. The van der Waals surface area contributed by atoms with Gasteiger partial charge in [-0.05, 0) is 39.8 Å². The molecule has 1 heterocycles. The molecule has 1 aromatic heterocycles. The van der Waals surface area contributed by atoms with Gasteiger partial charge in [-0.2, -0.15) is 0 Å². The van der Waals surface area contributed by atoms with Crippen molar-refractivity contribution in [3.8, 4) is 5.69 Å². The summed E-state index contributed by atoms with van der Waals surface area (Å²) in [7, 11) is 0. The normalized spacial score (nSPS) is 12.2. The third-order valence-corrected chi connectivity index (χ3v) is 3.29. The molecule has 1 aromatic carbocycles. The Kier molecular flexibility index (Phi) is 4.23. The molecule has 0 aliphatic heterocycles. The van der Waals surface area contributed by atoms with Crippen molar-refractivity contribution in [2.45, 2.75) is 33.6 Å². The lowest BCUT2D eigenvalue weighted by molar-refractivity contribution is -0.144. The molecule has 0 N–H and O–H groups in total. The van der Waals surface area contributed by atoms with E-state index in [9.17, 15) is 4.79 Å². The van der Waals surface area contributed by atoms with Gasteiger partial charge >= 0.3 is 5.97 Å². The Balaban J connectivity index is 2.41. The van der Waals surface area contributed by atoms with Crippen LogP contribution in [0.4, 0.5) is 0 Å². The molecule has 0 bridgehead atoms. The molecule has 1 unspecified atom stereocenters. The number of carbonyl (C=O) groups is 1. The molecule has 20 heavy (non-hydrogen) atoms. The summed E-state index contributed by atoms with van der Waals surface area (Å²) in [5.41, 5.74) is 3.21. The van der Waals surface area contributed by atoms with Crippen LogP contribution in [0.5, 0.6) is 0 Å². The van der Waals surface area contributed by atoms with E-state index in [2.05, 4.69) is 4.98 Å². The molecule has 0 aliphatic rings. The predicted octanol–water partition coefficient (Wildman–Crippen LogP) is 3.16. The number of nitrogens with zero attached hydrogens (tertiary/aromatic N) is 2. The number of rotatable bonds is 4. The molecule has 0 amide bonds. The van der Waals surface area contributed by atoms with Crippen LogP contribution in [0.15, 0.2) is 30.5 Å². The molecular weight excluding hydrogens is 252 g/mol. The summed E-state index contributed by atoms with van der Waals surface area (Å²) < 4.78 is 7.09. The van der Waals surface area contributed by atoms with Crippen molar-refractivity contribution in [1.29, 1.82) is 0 Å². The molecule has 0 fully saturated rings. The fourth-order valence-electron chi connectivity index (χ4n) is 2.16. The number of aromatic nitrogens is 2. The quantitative estimate of drug-likeness (QED) is 0.803. The van der Waals surface area contributed by atoms with Crippen LogP contribution in [0.3, 0.4) is 0 Å². The maximum Gasteiger partial charge on any atom is 0.316 e. The van der Waals surface area contributed by atoms with Crippen molar-refractivity contribution >= 4 is 5.97 Å². The highest BCUT2D eigenvalue weighted by molar-refractivity contribution is 5.76. The van der Waals surface area contributed by atoms with Gasteiger partial charge in [-0.1, -0.05) is 17.7 Å². The fraction of sp³-hybridized carbons (Fsp3) is 0.375. The van der Waals surface area contributed by atoms with Gasteiger partial charge in [-0.15, -0.1) is 0 Å². The van der Waals surface area contributed by atoms with Gasteiger partial charge in [-0.3, -0.25) is 4.79 Å². The van der Waals surface area contributed by atoms with Crippen LogP contribution in [0.25, 0.3) is 5.69 Å². The minimum absolute atomic E-state index is 0.244. The monoisotopic (exact) mass is 272 g/mol. The maximum absolute atomic E-state index is 11.9. The Morgan fingerprint density at radius 2 is 1.95 bits per heavy atom. The zero-order valence-corrected chi connectivity index (χ0v) is 12.4. The number of carbonyl (C=O) groups excluding carboxylic acids is 1. The van der Waals surface area contributed by atoms with Crippen LogP contribution in [-0.4, -0.2) is 22.1 Å². The molecule has 0 saturated heterocycles. The van der Waals surface area contributed by atoms with E-state index in [1.54, 1.807) is 6.20 Å². The number of ether oxygens (including phenoxy) is 1. The lowest BCUT2D eigenvalue weighted by Crippen LogP contribution is -2.17. The lowest BCUT2D eigenvalue weighted by atomic mass is 10.1. The topological polar surface area (TPSA) is 44.1 Å². The Labute approximate surface area is 119 Å².